The van der Waals surface area contributed by atoms with Crippen molar-refractivity contribution in [2.45, 2.75) is 33.8 Å². The van der Waals surface area contributed by atoms with Gasteiger partial charge in [0.2, 0.25) is 5.95 Å². The first kappa shape index (κ1) is 13.2. The molecule has 0 fully saturated rings. The van der Waals surface area contributed by atoms with Crippen molar-refractivity contribution in [3.63, 3.8) is 0 Å². The van der Waals surface area contributed by atoms with E-state index in [2.05, 4.69) is 30.4 Å². The Kier molecular flexibility index (Phi) is 3.59. The van der Waals surface area contributed by atoms with E-state index in [9.17, 15) is 0 Å². The zero-order valence-electron chi connectivity index (χ0n) is 11.7. The van der Waals surface area contributed by atoms with Crippen LogP contribution in [0.2, 0.25) is 0 Å². The van der Waals surface area contributed by atoms with Crippen LogP contribution in [-0.4, -0.2) is 42.9 Å². The van der Waals surface area contributed by atoms with Crippen LogP contribution < -0.4 is 10.1 Å². The van der Waals surface area contributed by atoms with Crippen LogP contribution in [0.25, 0.3) is 5.95 Å². The molecule has 0 unspecified atom stereocenters. The lowest BCUT2D eigenvalue weighted by molar-refractivity contribution is 0.221. The van der Waals surface area contributed by atoms with Crippen LogP contribution in [0.15, 0.2) is 0 Å². The zero-order chi connectivity index (χ0) is 14.0. The third kappa shape index (κ3) is 2.95. The summed E-state index contributed by atoms with van der Waals surface area (Å²) in [5.41, 5.74) is 0. The lowest BCUT2D eigenvalue weighted by Crippen LogP contribution is -2.14. The summed E-state index contributed by atoms with van der Waals surface area (Å²) in [4.78, 5) is 16.9. The molecule has 0 bridgehead atoms. The maximum Gasteiger partial charge on any atom is 0.323 e. The van der Waals surface area contributed by atoms with E-state index in [0.717, 1.165) is 0 Å². The summed E-state index contributed by atoms with van der Waals surface area (Å²) in [6.07, 6.45) is -0.0152. The number of aryl methyl sites for hydroxylation is 2. The van der Waals surface area contributed by atoms with Gasteiger partial charge < -0.3 is 10.1 Å². The van der Waals surface area contributed by atoms with Gasteiger partial charge >= 0.3 is 6.01 Å². The van der Waals surface area contributed by atoms with Gasteiger partial charge in [-0.3, -0.25) is 0 Å². The number of anilines is 1. The van der Waals surface area contributed by atoms with E-state index < -0.39 is 0 Å². The fraction of sp³-hybridized carbons (Fsp3) is 0.545. The second kappa shape index (κ2) is 5.17. The number of hydrogen-bond donors (Lipinski definition) is 1. The molecule has 8 heteroatoms. The molecule has 0 radical (unpaired) electrons. The molecule has 102 valence electrons. The van der Waals surface area contributed by atoms with Gasteiger partial charge in [-0.25, -0.2) is 4.98 Å². The van der Waals surface area contributed by atoms with Crippen LogP contribution in [-0.2, 0) is 0 Å². The van der Waals surface area contributed by atoms with Gasteiger partial charge in [0, 0.05) is 7.05 Å². The van der Waals surface area contributed by atoms with E-state index in [1.165, 1.54) is 0 Å². The monoisotopic (exact) mass is 263 g/mol. The molecule has 0 spiro atoms. The summed E-state index contributed by atoms with van der Waals surface area (Å²) >= 11 is 0. The highest BCUT2D eigenvalue weighted by atomic mass is 16.5. The number of ether oxygens (including phenoxy) is 1. The quantitative estimate of drug-likeness (QED) is 0.876. The molecule has 0 atom stereocenters. The number of aromatic nitrogens is 6. The molecule has 19 heavy (non-hydrogen) atoms. The summed E-state index contributed by atoms with van der Waals surface area (Å²) in [6, 6.07) is 0.261. The van der Waals surface area contributed by atoms with Crippen LogP contribution in [0.4, 0.5) is 5.95 Å². The summed E-state index contributed by atoms with van der Waals surface area (Å²) in [5.74, 6) is 2.18. The Balaban J connectivity index is 2.47. The topological polar surface area (TPSA) is 90.6 Å². The molecule has 0 aliphatic carbocycles. The Morgan fingerprint density at radius 3 is 2.37 bits per heavy atom. The molecule has 2 aromatic rings. The van der Waals surface area contributed by atoms with E-state index in [1.54, 1.807) is 11.7 Å². The standard InChI is InChI=1S/C11H17N7O/c1-6(2)19-11-15-9(12-5)14-10(16-11)18-8(4)13-7(3)17-18/h6H,1-5H3,(H,12,14,15,16). The van der Waals surface area contributed by atoms with Gasteiger partial charge in [-0.1, -0.05) is 0 Å². The highest BCUT2D eigenvalue weighted by Crippen LogP contribution is 2.12. The lowest BCUT2D eigenvalue weighted by atomic mass is 10.5. The van der Waals surface area contributed by atoms with Crippen molar-refractivity contribution in [1.29, 1.82) is 0 Å². The van der Waals surface area contributed by atoms with Crippen molar-refractivity contribution in [3.05, 3.63) is 11.6 Å². The largest absolute Gasteiger partial charge is 0.461 e. The lowest BCUT2D eigenvalue weighted by Gasteiger charge is -2.10. The first-order valence-electron chi connectivity index (χ1n) is 6.00. The Morgan fingerprint density at radius 1 is 1.11 bits per heavy atom. The van der Waals surface area contributed by atoms with E-state index in [0.29, 0.717) is 23.5 Å². The van der Waals surface area contributed by atoms with Gasteiger partial charge in [-0.2, -0.15) is 19.6 Å². The van der Waals surface area contributed by atoms with Gasteiger partial charge in [0.1, 0.15) is 11.6 Å². The van der Waals surface area contributed by atoms with Crippen LogP contribution in [0.1, 0.15) is 25.5 Å². The second-order valence-electron chi connectivity index (χ2n) is 4.28. The maximum atomic E-state index is 5.50. The van der Waals surface area contributed by atoms with Crippen molar-refractivity contribution < 1.29 is 4.74 Å². The molecular weight excluding hydrogens is 246 g/mol. The predicted octanol–water partition coefficient (Wildman–Crippen LogP) is 0.898. The van der Waals surface area contributed by atoms with Gasteiger partial charge in [-0.05, 0) is 27.7 Å². The molecule has 8 nitrogen and oxygen atoms in total. The van der Waals surface area contributed by atoms with Gasteiger partial charge in [0.25, 0.3) is 5.95 Å². The Bertz CT molecular complexity index is 578. The molecule has 0 aliphatic heterocycles. The van der Waals surface area contributed by atoms with Crippen molar-refractivity contribution in [1.82, 2.24) is 29.7 Å². The Labute approximate surface area is 111 Å². The van der Waals surface area contributed by atoms with Crippen molar-refractivity contribution in [2.24, 2.45) is 0 Å². The molecule has 2 rings (SSSR count). The van der Waals surface area contributed by atoms with Gasteiger partial charge in [-0.15, -0.1) is 5.10 Å². The Morgan fingerprint density at radius 2 is 1.84 bits per heavy atom. The minimum atomic E-state index is -0.0152. The van der Waals surface area contributed by atoms with E-state index >= 15 is 0 Å². The number of rotatable bonds is 4. The maximum absolute atomic E-state index is 5.50. The highest BCUT2D eigenvalue weighted by molar-refractivity contribution is 5.29. The van der Waals surface area contributed by atoms with Crippen LogP contribution in [0, 0.1) is 13.8 Å². The van der Waals surface area contributed by atoms with Crippen LogP contribution >= 0.6 is 0 Å². The second-order valence-corrected chi connectivity index (χ2v) is 4.28. The molecule has 1 N–H and O–H groups in total. The summed E-state index contributed by atoms with van der Waals surface area (Å²) in [6.45, 7) is 7.47. The van der Waals surface area contributed by atoms with E-state index in [1.807, 2.05) is 27.7 Å². The van der Waals surface area contributed by atoms with Crippen LogP contribution in [0.5, 0.6) is 6.01 Å². The molecule has 2 aromatic heterocycles. The van der Waals surface area contributed by atoms with E-state index in [4.69, 9.17) is 4.74 Å². The molecule has 0 saturated carbocycles. The SMILES string of the molecule is CNc1nc(OC(C)C)nc(-n2nc(C)nc2C)n1. The predicted molar refractivity (Wildman–Crippen MR) is 69.5 cm³/mol. The first-order chi connectivity index (χ1) is 8.99. The highest BCUT2D eigenvalue weighted by Gasteiger charge is 2.13. The number of nitrogens with zero attached hydrogens (tertiary/aromatic N) is 6. The third-order valence-corrected chi connectivity index (χ3v) is 2.23. The van der Waals surface area contributed by atoms with Crippen molar-refractivity contribution >= 4 is 5.95 Å². The summed E-state index contributed by atoms with van der Waals surface area (Å²) in [5, 5.41) is 7.12. The molecule has 0 aromatic carbocycles. The molecule has 2 heterocycles. The molecular formula is C11H17N7O. The average Bonchev–Trinajstić information content (AvgIpc) is 2.67. The fourth-order valence-electron chi connectivity index (χ4n) is 1.53. The Hall–Kier alpha value is -2.25. The first-order valence-corrected chi connectivity index (χ1v) is 6.00. The van der Waals surface area contributed by atoms with Crippen molar-refractivity contribution in [3.8, 4) is 12.0 Å². The molecule has 0 aliphatic rings. The average molecular weight is 263 g/mol. The molecule has 0 amide bonds. The van der Waals surface area contributed by atoms with E-state index in [-0.39, 0.29) is 12.1 Å². The minimum Gasteiger partial charge on any atom is -0.461 e. The fourth-order valence-corrected chi connectivity index (χ4v) is 1.53. The summed E-state index contributed by atoms with van der Waals surface area (Å²) in [7, 11) is 1.73. The smallest absolute Gasteiger partial charge is 0.323 e. The van der Waals surface area contributed by atoms with Gasteiger partial charge in [0.15, 0.2) is 0 Å². The summed E-state index contributed by atoms with van der Waals surface area (Å²) < 4.78 is 7.06. The minimum absolute atomic E-state index is 0.0152. The third-order valence-electron chi connectivity index (χ3n) is 2.23. The number of nitrogens with one attached hydrogen (secondary N) is 1. The van der Waals surface area contributed by atoms with Crippen molar-refractivity contribution in [2.75, 3.05) is 12.4 Å². The normalized spacial score (nSPS) is 10.8. The zero-order valence-corrected chi connectivity index (χ0v) is 11.7. The van der Waals surface area contributed by atoms with Crippen LogP contribution in [0.3, 0.4) is 0 Å². The number of hydrogen-bond acceptors (Lipinski definition) is 7. The molecule has 0 saturated heterocycles. The van der Waals surface area contributed by atoms with Gasteiger partial charge in [0.05, 0.1) is 6.10 Å².